The molecule has 1 aliphatic rings. The van der Waals surface area contributed by atoms with E-state index in [1.807, 2.05) is 17.0 Å². The van der Waals surface area contributed by atoms with E-state index in [0.29, 0.717) is 5.56 Å². The van der Waals surface area contributed by atoms with Gasteiger partial charge in [0.1, 0.15) is 0 Å². The molecule has 1 aromatic carbocycles. The molecule has 2 amide bonds. The number of carbonyl (C=O) groups excluding carboxylic acids is 2. The molecule has 18 heavy (non-hydrogen) atoms. The van der Waals surface area contributed by atoms with Crippen molar-refractivity contribution < 1.29 is 9.59 Å². The molecule has 1 fully saturated rings. The maximum Gasteiger partial charge on any atom is 0.248 e. The van der Waals surface area contributed by atoms with Gasteiger partial charge in [0.2, 0.25) is 11.8 Å². The molecule has 0 unspecified atom stereocenters. The zero-order valence-electron chi connectivity index (χ0n) is 10.4. The lowest BCUT2D eigenvalue weighted by molar-refractivity contribution is -0.129. The quantitative estimate of drug-likeness (QED) is 0.825. The molecule has 0 bridgehead atoms. The minimum Gasteiger partial charge on any atom is -0.368 e. The van der Waals surface area contributed by atoms with Crippen molar-refractivity contribution in [1.29, 1.82) is 0 Å². The number of rotatable bonds is 2. The number of piperazine rings is 1. The Kier molecular flexibility index (Phi) is 3.50. The van der Waals surface area contributed by atoms with Crippen LogP contribution in [-0.2, 0) is 4.79 Å². The van der Waals surface area contributed by atoms with Crippen molar-refractivity contribution in [2.45, 2.75) is 6.92 Å². The van der Waals surface area contributed by atoms with Gasteiger partial charge in [0.05, 0.1) is 0 Å². The van der Waals surface area contributed by atoms with E-state index in [4.69, 9.17) is 5.73 Å². The van der Waals surface area contributed by atoms with Crippen LogP contribution in [0.15, 0.2) is 24.3 Å². The van der Waals surface area contributed by atoms with Crippen LogP contribution in [0.1, 0.15) is 17.3 Å². The van der Waals surface area contributed by atoms with Gasteiger partial charge in [0, 0.05) is 44.4 Å². The van der Waals surface area contributed by atoms with Crippen LogP contribution in [0.25, 0.3) is 0 Å². The number of nitrogens with two attached hydrogens (primary N) is 1. The number of nitrogens with zero attached hydrogens (tertiary/aromatic N) is 2. The lowest BCUT2D eigenvalue weighted by Crippen LogP contribution is -2.48. The Morgan fingerprint density at radius 2 is 1.61 bits per heavy atom. The normalized spacial score (nSPS) is 15.6. The molecule has 1 aliphatic heterocycles. The molecular weight excluding hydrogens is 230 g/mol. The van der Waals surface area contributed by atoms with Crippen molar-refractivity contribution in [3.63, 3.8) is 0 Å². The minimum absolute atomic E-state index is 0.124. The van der Waals surface area contributed by atoms with Crippen LogP contribution in [0.4, 0.5) is 5.69 Å². The Morgan fingerprint density at radius 1 is 1.06 bits per heavy atom. The number of amides is 2. The monoisotopic (exact) mass is 247 g/mol. The van der Waals surface area contributed by atoms with E-state index in [-0.39, 0.29) is 5.91 Å². The number of hydrogen-bond acceptors (Lipinski definition) is 3. The van der Waals surface area contributed by atoms with Crippen molar-refractivity contribution >= 4 is 17.5 Å². The van der Waals surface area contributed by atoms with E-state index in [1.165, 1.54) is 0 Å². The zero-order chi connectivity index (χ0) is 13.1. The lowest BCUT2D eigenvalue weighted by atomic mass is 10.1. The summed E-state index contributed by atoms with van der Waals surface area (Å²) in [5, 5.41) is 0. The van der Waals surface area contributed by atoms with Crippen LogP contribution < -0.4 is 10.6 Å². The van der Waals surface area contributed by atoms with Gasteiger partial charge in [-0.2, -0.15) is 0 Å². The largest absolute Gasteiger partial charge is 0.368 e. The van der Waals surface area contributed by atoms with E-state index in [2.05, 4.69) is 4.90 Å². The number of primary amides is 1. The fourth-order valence-electron chi connectivity index (χ4n) is 2.12. The van der Waals surface area contributed by atoms with Crippen molar-refractivity contribution in [3.05, 3.63) is 29.8 Å². The Balaban J connectivity index is 2.01. The third kappa shape index (κ3) is 2.61. The van der Waals surface area contributed by atoms with Gasteiger partial charge in [-0.15, -0.1) is 0 Å². The number of benzene rings is 1. The van der Waals surface area contributed by atoms with E-state index in [9.17, 15) is 9.59 Å². The SMILES string of the molecule is CC(=O)N1CCN(c2ccc(C(N)=O)cc2)CC1. The highest BCUT2D eigenvalue weighted by Gasteiger charge is 2.18. The Bertz CT molecular complexity index is 448. The van der Waals surface area contributed by atoms with Crippen LogP contribution in [0.3, 0.4) is 0 Å². The maximum atomic E-state index is 11.2. The highest BCUT2D eigenvalue weighted by atomic mass is 16.2. The molecule has 0 atom stereocenters. The van der Waals surface area contributed by atoms with Crippen LogP contribution >= 0.6 is 0 Å². The Labute approximate surface area is 106 Å². The lowest BCUT2D eigenvalue weighted by Gasteiger charge is -2.35. The molecule has 0 aliphatic carbocycles. The first-order valence-corrected chi connectivity index (χ1v) is 5.98. The maximum absolute atomic E-state index is 11.2. The molecule has 5 nitrogen and oxygen atoms in total. The van der Waals surface area contributed by atoms with Crippen LogP contribution in [0.2, 0.25) is 0 Å². The second-order valence-electron chi connectivity index (χ2n) is 4.40. The molecule has 0 aromatic heterocycles. The molecular formula is C13H17N3O2. The molecule has 96 valence electrons. The molecule has 1 saturated heterocycles. The molecule has 1 aromatic rings. The molecule has 1 heterocycles. The molecule has 5 heteroatoms. The number of carbonyl (C=O) groups is 2. The summed E-state index contributed by atoms with van der Waals surface area (Å²) in [7, 11) is 0. The smallest absolute Gasteiger partial charge is 0.248 e. The van der Waals surface area contributed by atoms with Crippen molar-refractivity contribution in [3.8, 4) is 0 Å². The Hall–Kier alpha value is -2.04. The van der Waals surface area contributed by atoms with Crippen molar-refractivity contribution in [2.75, 3.05) is 31.1 Å². The second-order valence-corrected chi connectivity index (χ2v) is 4.40. The molecule has 0 radical (unpaired) electrons. The average molecular weight is 247 g/mol. The second kappa shape index (κ2) is 5.08. The van der Waals surface area contributed by atoms with E-state index >= 15 is 0 Å². The highest BCUT2D eigenvalue weighted by Crippen LogP contribution is 2.17. The average Bonchev–Trinajstić information content (AvgIpc) is 2.39. The molecule has 0 saturated carbocycles. The summed E-state index contributed by atoms with van der Waals surface area (Å²) in [6, 6.07) is 7.25. The highest BCUT2D eigenvalue weighted by molar-refractivity contribution is 5.93. The van der Waals surface area contributed by atoms with Gasteiger partial charge in [-0.05, 0) is 24.3 Å². The molecule has 2 rings (SSSR count). The fraction of sp³-hybridized carbons (Fsp3) is 0.385. The predicted octanol–water partition coefficient (Wildman–Crippen LogP) is 0.454. The van der Waals surface area contributed by atoms with Crippen molar-refractivity contribution in [1.82, 2.24) is 4.90 Å². The number of hydrogen-bond donors (Lipinski definition) is 1. The van der Waals surface area contributed by atoms with Crippen molar-refractivity contribution in [2.24, 2.45) is 5.73 Å². The van der Waals surface area contributed by atoms with Gasteiger partial charge in [-0.1, -0.05) is 0 Å². The van der Waals surface area contributed by atoms with Gasteiger partial charge in [-0.3, -0.25) is 9.59 Å². The third-order valence-corrected chi connectivity index (χ3v) is 3.24. The van der Waals surface area contributed by atoms with Gasteiger partial charge < -0.3 is 15.5 Å². The summed E-state index contributed by atoms with van der Waals surface area (Å²) in [5.41, 5.74) is 6.77. The molecule has 0 spiro atoms. The minimum atomic E-state index is -0.414. The van der Waals surface area contributed by atoms with Gasteiger partial charge >= 0.3 is 0 Å². The first kappa shape index (κ1) is 12.4. The predicted molar refractivity (Wildman–Crippen MR) is 69.4 cm³/mol. The van der Waals surface area contributed by atoms with Gasteiger partial charge in [0.25, 0.3) is 0 Å². The summed E-state index contributed by atoms with van der Waals surface area (Å²) in [5.74, 6) is -0.290. The first-order valence-electron chi connectivity index (χ1n) is 5.98. The van der Waals surface area contributed by atoms with Gasteiger partial charge in [0.15, 0.2) is 0 Å². The van der Waals surface area contributed by atoms with Crippen LogP contribution in [-0.4, -0.2) is 42.9 Å². The van der Waals surface area contributed by atoms with Gasteiger partial charge in [-0.25, -0.2) is 0 Å². The molecule has 2 N–H and O–H groups in total. The van der Waals surface area contributed by atoms with E-state index in [1.54, 1.807) is 19.1 Å². The Morgan fingerprint density at radius 3 is 2.06 bits per heavy atom. The zero-order valence-corrected chi connectivity index (χ0v) is 10.4. The van der Waals surface area contributed by atoms with Crippen LogP contribution in [0, 0.1) is 0 Å². The summed E-state index contributed by atoms with van der Waals surface area (Å²) in [6.45, 7) is 4.71. The summed E-state index contributed by atoms with van der Waals surface area (Å²) in [6.07, 6.45) is 0. The fourth-order valence-corrected chi connectivity index (χ4v) is 2.12. The van der Waals surface area contributed by atoms with Crippen LogP contribution in [0.5, 0.6) is 0 Å². The van der Waals surface area contributed by atoms with E-state index in [0.717, 1.165) is 31.9 Å². The first-order chi connectivity index (χ1) is 8.58. The third-order valence-electron chi connectivity index (χ3n) is 3.24. The topological polar surface area (TPSA) is 66.6 Å². The summed E-state index contributed by atoms with van der Waals surface area (Å²) < 4.78 is 0. The van der Waals surface area contributed by atoms with E-state index < -0.39 is 5.91 Å². The standard InChI is InChI=1S/C13H17N3O2/c1-10(17)15-6-8-16(9-7-15)12-4-2-11(3-5-12)13(14)18/h2-5H,6-9H2,1H3,(H2,14,18). The number of anilines is 1. The summed E-state index contributed by atoms with van der Waals surface area (Å²) >= 11 is 0. The summed E-state index contributed by atoms with van der Waals surface area (Å²) in [4.78, 5) is 26.2.